The van der Waals surface area contributed by atoms with Gasteiger partial charge in [0.1, 0.15) is 6.23 Å². The van der Waals surface area contributed by atoms with E-state index in [2.05, 4.69) is 5.32 Å². The third-order valence-electron chi connectivity index (χ3n) is 4.20. The Labute approximate surface area is 114 Å². The molecule has 104 valence electrons. The lowest BCUT2D eigenvalue weighted by Crippen LogP contribution is -2.33. The average Bonchev–Trinajstić information content (AvgIpc) is 2.83. The molecule has 4 nitrogen and oxygen atoms in total. The molecule has 2 aliphatic rings. The molecule has 1 aliphatic carbocycles. The predicted octanol–water partition coefficient (Wildman–Crippen LogP) is 2.13. The molecule has 3 unspecified atom stereocenters. The van der Waals surface area contributed by atoms with Crippen LogP contribution in [0.15, 0.2) is 35.2 Å². The van der Waals surface area contributed by atoms with Crippen molar-refractivity contribution in [2.24, 2.45) is 11.8 Å². The number of hydrogen-bond acceptors (Lipinski definition) is 4. The predicted molar refractivity (Wildman–Crippen MR) is 72.0 cm³/mol. The summed E-state index contributed by atoms with van der Waals surface area (Å²) >= 11 is 0. The number of rotatable bonds is 3. The van der Waals surface area contributed by atoms with E-state index in [0.717, 1.165) is 13.0 Å². The van der Waals surface area contributed by atoms with Crippen LogP contribution < -0.4 is 5.32 Å². The van der Waals surface area contributed by atoms with Crippen molar-refractivity contribution in [1.82, 2.24) is 5.32 Å². The normalized spacial score (nSPS) is 31.1. The molecule has 0 radical (unpaired) electrons. The van der Waals surface area contributed by atoms with E-state index in [1.54, 1.807) is 30.3 Å². The summed E-state index contributed by atoms with van der Waals surface area (Å²) in [5.74, 6) is 0.914. The van der Waals surface area contributed by atoms with Crippen LogP contribution in [0.2, 0.25) is 0 Å². The molecule has 0 spiro atoms. The minimum absolute atomic E-state index is 0.232. The van der Waals surface area contributed by atoms with Gasteiger partial charge in [-0.1, -0.05) is 31.0 Å². The van der Waals surface area contributed by atoms with Crippen molar-refractivity contribution in [2.45, 2.75) is 36.8 Å². The van der Waals surface area contributed by atoms with Gasteiger partial charge in [0.05, 0.1) is 4.90 Å². The van der Waals surface area contributed by atoms with Crippen LogP contribution in [-0.4, -0.2) is 21.2 Å². The van der Waals surface area contributed by atoms with E-state index in [0.29, 0.717) is 11.8 Å². The number of nitrogens with one attached hydrogen (secondary N) is 1. The Bertz CT molecular complexity index is 529. The van der Waals surface area contributed by atoms with Gasteiger partial charge in [-0.25, -0.2) is 4.18 Å². The molecule has 1 N–H and O–H groups in total. The van der Waals surface area contributed by atoms with Gasteiger partial charge < -0.3 is 0 Å². The minimum Gasteiger partial charge on any atom is -0.290 e. The van der Waals surface area contributed by atoms with Gasteiger partial charge in [0, 0.05) is 12.5 Å². The van der Waals surface area contributed by atoms with Crippen LogP contribution in [0.5, 0.6) is 0 Å². The summed E-state index contributed by atoms with van der Waals surface area (Å²) < 4.78 is 29.8. The van der Waals surface area contributed by atoms with Gasteiger partial charge in [0.2, 0.25) is 0 Å². The lowest BCUT2D eigenvalue weighted by molar-refractivity contribution is 0.111. The molecule has 0 bridgehead atoms. The van der Waals surface area contributed by atoms with Crippen molar-refractivity contribution >= 4 is 10.1 Å². The molecule has 5 heteroatoms. The summed E-state index contributed by atoms with van der Waals surface area (Å²) in [7, 11) is -3.66. The average molecular weight is 281 g/mol. The molecule has 3 atom stereocenters. The van der Waals surface area contributed by atoms with Gasteiger partial charge in [-0.15, -0.1) is 0 Å². The topological polar surface area (TPSA) is 55.4 Å². The van der Waals surface area contributed by atoms with E-state index in [-0.39, 0.29) is 11.1 Å². The highest BCUT2D eigenvalue weighted by molar-refractivity contribution is 7.86. The third-order valence-corrected chi connectivity index (χ3v) is 5.51. The molecule has 19 heavy (non-hydrogen) atoms. The SMILES string of the molecule is O=S(=O)(OC1NCC2CCCCC21)c1ccccc1. The summed E-state index contributed by atoms with van der Waals surface area (Å²) in [4.78, 5) is 0.232. The molecular formula is C14H19NO3S. The second-order valence-corrected chi connectivity index (χ2v) is 6.97. The van der Waals surface area contributed by atoms with Gasteiger partial charge in [0.25, 0.3) is 10.1 Å². The first kappa shape index (κ1) is 13.1. The number of hydrogen-bond donors (Lipinski definition) is 1. The fourth-order valence-electron chi connectivity index (χ4n) is 3.19. The van der Waals surface area contributed by atoms with Crippen molar-refractivity contribution < 1.29 is 12.6 Å². The van der Waals surface area contributed by atoms with Gasteiger partial charge in [-0.05, 0) is 30.9 Å². The standard InChI is InChI=1S/C14H19NO3S/c16-19(17,12-7-2-1-3-8-12)18-14-13-9-5-4-6-11(13)10-15-14/h1-3,7-8,11,13-15H,4-6,9-10H2. The highest BCUT2D eigenvalue weighted by Crippen LogP contribution is 2.37. The van der Waals surface area contributed by atoms with Crippen LogP contribution >= 0.6 is 0 Å². The fraction of sp³-hybridized carbons (Fsp3) is 0.571. The molecule has 1 saturated carbocycles. The maximum absolute atomic E-state index is 12.2. The smallest absolute Gasteiger partial charge is 0.290 e. The highest BCUT2D eigenvalue weighted by Gasteiger charge is 2.40. The summed E-state index contributed by atoms with van der Waals surface area (Å²) in [6, 6.07) is 8.36. The largest absolute Gasteiger partial charge is 0.298 e. The van der Waals surface area contributed by atoms with Gasteiger partial charge in [0.15, 0.2) is 0 Å². The maximum Gasteiger partial charge on any atom is 0.298 e. The Morgan fingerprint density at radius 3 is 2.63 bits per heavy atom. The first-order valence-electron chi connectivity index (χ1n) is 6.88. The lowest BCUT2D eigenvalue weighted by atomic mass is 9.81. The van der Waals surface area contributed by atoms with Crippen LogP contribution in [0.3, 0.4) is 0 Å². The van der Waals surface area contributed by atoms with E-state index in [9.17, 15) is 8.42 Å². The molecule has 0 amide bonds. The Balaban J connectivity index is 1.75. The monoisotopic (exact) mass is 281 g/mol. The molecule has 1 aromatic carbocycles. The van der Waals surface area contributed by atoms with E-state index in [4.69, 9.17) is 4.18 Å². The Hall–Kier alpha value is -0.910. The van der Waals surface area contributed by atoms with Crippen molar-refractivity contribution in [1.29, 1.82) is 0 Å². The summed E-state index contributed by atoms with van der Waals surface area (Å²) in [6.07, 6.45) is 4.32. The van der Waals surface area contributed by atoms with Gasteiger partial charge >= 0.3 is 0 Å². The van der Waals surface area contributed by atoms with E-state index in [1.807, 2.05) is 0 Å². The minimum atomic E-state index is -3.66. The van der Waals surface area contributed by atoms with Crippen molar-refractivity contribution in [3.05, 3.63) is 30.3 Å². The first-order valence-corrected chi connectivity index (χ1v) is 8.29. The molecule has 0 aromatic heterocycles. The zero-order chi connectivity index (χ0) is 13.3. The molecule has 1 aliphatic heterocycles. The summed E-state index contributed by atoms with van der Waals surface area (Å²) in [5.41, 5.74) is 0. The Morgan fingerprint density at radius 1 is 1.11 bits per heavy atom. The Kier molecular flexibility index (Phi) is 3.60. The fourth-order valence-corrected chi connectivity index (χ4v) is 4.28. The zero-order valence-electron chi connectivity index (χ0n) is 10.8. The van der Waals surface area contributed by atoms with Gasteiger partial charge in [-0.2, -0.15) is 8.42 Å². The first-order chi connectivity index (χ1) is 9.17. The van der Waals surface area contributed by atoms with E-state index < -0.39 is 10.1 Å². The van der Waals surface area contributed by atoms with Crippen LogP contribution in [0, 0.1) is 11.8 Å². The molecule has 1 aromatic rings. The van der Waals surface area contributed by atoms with Gasteiger partial charge in [-0.3, -0.25) is 5.32 Å². The zero-order valence-corrected chi connectivity index (χ0v) is 11.6. The van der Waals surface area contributed by atoms with Crippen molar-refractivity contribution in [3.8, 4) is 0 Å². The number of fused-ring (bicyclic) bond motifs is 1. The lowest BCUT2D eigenvalue weighted by Gasteiger charge is -2.27. The summed E-state index contributed by atoms with van der Waals surface area (Å²) in [5, 5.41) is 3.22. The number of benzene rings is 1. The summed E-state index contributed by atoms with van der Waals surface area (Å²) in [6.45, 7) is 0.875. The maximum atomic E-state index is 12.2. The van der Waals surface area contributed by atoms with E-state index in [1.165, 1.54) is 19.3 Å². The van der Waals surface area contributed by atoms with Crippen LogP contribution in [0.1, 0.15) is 25.7 Å². The molecule has 3 rings (SSSR count). The Morgan fingerprint density at radius 2 is 1.84 bits per heavy atom. The van der Waals surface area contributed by atoms with Crippen LogP contribution in [0.4, 0.5) is 0 Å². The second-order valence-electron chi connectivity index (χ2n) is 5.40. The molecule has 1 saturated heterocycles. The third kappa shape index (κ3) is 2.68. The quantitative estimate of drug-likeness (QED) is 0.862. The van der Waals surface area contributed by atoms with Crippen molar-refractivity contribution in [2.75, 3.05) is 6.54 Å². The van der Waals surface area contributed by atoms with Crippen LogP contribution in [0.25, 0.3) is 0 Å². The highest BCUT2D eigenvalue weighted by atomic mass is 32.2. The van der Waals surface area contributed by atoms with E-state index >= 15 is 0 Å². The molecule has 2 fully saturated rings. The second kappa shape index (κ2) is 5.23. The molecular weight excluding hydrogens is 262 g/mol. The van der Waals surface area contributed by atoms with Crippen LogP contribution in [-0.2, 0) is 14.3 Å². The van der Waals surface area contributed by atoms with Crippen molar-refractivity contribution in [3.63, 3.8) is 0 Å². The molecule has 1 heterocycles.